The molecule has 0 spiro atoms. The van der Waals surface area contributed by atoms with Crippen LogP contribution in [-0.2, 0) is 0 Å². The SMILES string of the molecule is O=c1ccn2cc(C3CCCN3)[nH]c2c1. The van der Waals surface area contributed by atoms with Crippen LogP contribution in [0.4, 0.5) is 0 Å². The van der Waals surface area contributed by atoms with Crippen LogP contribution in [0.15, 0.2) is 29.3 Å². The number of fused-ring (bicyclic) bond motifs is 1. The van der Waals surface area contributed by atoms with Gasteiger partial charge in [0.05, 0.1) is 5.69 Å². The molecule has 1 fully saturated rings. The van der Waals surface area contributed by atoms with Crippen molar-refractivity contribution in [3.8, 4) is 0 Å². The van der Waals surface area contributed by atoms with E-state index in [1.54, 1.807) is 18.3 Å². The van der Waals surface area contributed by atoms with Gasteiger partial charge in [-0.2, -0.15) is 0 Å². The third-order valence-electron chi connectivity index (χ3n) is 2.94. The number of hydrogen-bond acceptors (Lipinski definition) is 2. The Morgan fingerprint density at radius 3 is 3.20 bits per heavy atom. The Hall–Kier alpha value is -1.55. The van der Waals surface area contributed by atoms with Crippen molar-refractivity contribution in [1.82, 2.24) is 14.7 Å². The second-order valence-corrected chi connectivity index (χ2v) is 4.01. The highest BCUT2D eigenvalue weighted by atomic mass is 16.1. The number of imidazole rings is 1. The second kappa shape index (κ2) is 3.24. The summed E-state index contributed by atoms with van der Waals surface area (Å²) in [5, 5.41) is 3.43. The lowest BCUT2D eigenvalue weighted by Crippen LogP contribution is -2.12. The van der Waals surface area contributed by atoms with E-state index in [0.29, 0.717) is 6.04 Å². The number of hydrogen-bond donors (Lipinski definition) is 2. The minimum atomic E-state index is 0.0442. The molecule has 2 aromatic heterocycles. The van der Waals surface area contributed by atoms with Crippen molar-refractivity contribution >= 4 is 5.65 Å². The maximum Gasteiger partial charge on any atom is 0.183 e. The molecule has 2 aromatic rings. The molecule has 2 N–H and O–H groups in total. The van der Waals surface area contributed by atoms with Crippen molar-refractivity contribution in [3.63, 3.8) is 0 Å². The zero-order valence-corrected chi connectivity index (χ0v) is 8.36. The van der Waals surface area contributed by atoms with Gasteiger partial charge in [0.1, 0.15) is 5.65 Å². The molecule has 0 aliphatic carbocycles. The van der Waals surface area contributed by atoms with E-state index in [0.717, 1.165) is 24.3 Å². The number of H-pyrrole nitrogens is 1. The molecule has 4 nitrogen and oxygen atoms in total. The number of aromatic nitrogens is 2. The number of aromatic amines is 1. The molecule has 0 saturated carbocycles. The fourth-order valence-corrected chi connectivity index (χ4v) is 2.16. The molecular formula is C11H13N3O. The van der Waals surface area contributed by atoms with Crippen LogP contribution in [0.1, 0.15) is 24.6 Å². The average molecular weight is 203 g/mol. The van der Waals surface area contributed by atoms with Crippen molar-refractivity contribution in [1.29, 1.82) is 0 Å². The Kier molecular flexibility index (Phi) is 1.89. The van der Waals surface area contributed by atoms with Gasteiger partial charge in [-0.25, -0.2) is 0 Å². The second-order valence-electron chi connectivity index (χ2n) is 4.01. The predicted octanol–water partition coefficient (Wildman–Crippen LogP) is 1.05. The van der Waals surface area contributed by atoms with Gasteiger partial charge < -0.3 is 14.7 Å². The first kappa shape index (κ1) is 8.73. The molecule has 0 bridgehead atoms. The molecule has 15 heavy (non-hydrogen) atoms. The third-order valence-corrected chi connectivity index (χ3v) is 2.94. The molecule has 1 aliphatic heterocycles. The van der Waals surface area contributed by atoms with E-state index in [9.17, 15) is 4.79 Å². The van der Waals surface area contributed by atoms with Crippen LogP contribution in [0, 0.1) is 0 Å². The van der Waals surface area contributed by atoms with Crippen molar-refractivity contribution in [2.45, 2.75) is 18.9 Å². The Morgan fingerprint density at radius 1 is 1.47 bits per heavy atom. The fourth-order valence-electron chi connectivity index (χ4n) is 2.16. The molecule has 78 valence electrons. The van der Waals surface area contributed by atoms with Gasteiger partial charge in [0, 0.05) is 30.6 Å². The monoisotopic (exact) mass is 203 g/mol. The first-order chi connectivity index (χ1) is 7.33. The number of rotatable bonds is 1. The molecule has 1 atom stereocenters. The summed E-state index contributed by atoms with van der Waals surface area (Å²) in [6.07, 6.45) is 6.24. The number of nitrogens with one attached hydrogen (secondary N) is 2. The topological polar surface area (TPSA) is 49.3 Å². The van der Waals surface area contributed by atoms with Crippen LogP contribution in [0.5, 0.6) is 0 Å². The fraction of sp³-hybridized carbons (Fsp3) is 0.364. The summed E-state index contributed by atoms with van der Waals surface area (Å²) in [5.41, 5.74) is 2.08. The highest BCUT2D eigenvalue weighted by Gasteiger charge is 2.17. The molecule has 4 heteroatoms. The Bertz CT molecular complexity index is 534. The summed E-state index contributed by atoms with van der Waals surface area (Å²) < 4.78 is 1.96. The predicted molar refractivity (Wildman–Crippen MR) is 58.0 cm³/mol. The molecule has 0 radical (unpaired) electrons. The Labute approximate surface area is 86.9 Å². The smallest absolute Gasteiger partial charge is 0.183 e. The van der Waals surface area contributed by atoms with Crippen LogP contribution < -0.4 is 10.7 Å². The van der Waals surface area contributed by atoms with Crippen LogP contribution >= 0.6 is 0 Å². The average Bonchev–Trinajstić information content (AvgIpc) is 2.84. The lowest BCUT2D eigenvalue weighted by atomic mass is 10.2. The summed E-state index contributed by atoms with van der Waals surface area (Å²) in [6, 6.07) is 3.62. The van der Waals surface area contributed by atoms with E-state index < -0.39 is 0 Å². The highest BCUT2D eigenvalue weighted by molar-refractivity contribution is 5.40. The third kappa shape index (κ3) is 1.47. The van der Waals surface area contributed by atoms with Gasteiger partial charge in [-0.15, -0.1) is 0 Å². The molecule has 1 aliphatic rings. The lowest BCUT2D eigenvalue weighted by Gasteiger charge is -2.05. The zero-order chi connectivity index (χ0) is 10.3. The maximum atomic E-state index is 11.2. The summed E-state index contributed by atoms with van der Waals surface area (Å²) in [4.78, 5) is 14.4. The standard InChI is InChI=1S/C11H13N3O/c15-8-3-5-14-7-10(13-11(14)6-8)9-2-1-4-12-9/h3,5-7,9,12-13H,1-2,4H2. The van der Waals surface area contributed by atoms with Gasteiger partial charge in [0.2, 0.25) is 0 Å². The van der Waals surface area contributed by atoms with Crippen molar-refractivity contribution < 1.29 is 0 Å². The molecule has 3 rings (SSSR count). The summed E-state index contributed by atoms with van der Waals surface area (Å²) in [6.45, 7) is 1.08. The first-order valence-electron chi connectivity index (χ1n) is 5.27. The van der Waals surface area contributed by atoms with Crippen molar-refractivity contribution in [2.24, 2.45) is 0 Å². The van der Waals surface area contributed by atoms with Gasteiger partial charge in [-0.05, 0) is 19.4 Å². The van der Waals surface area contributed by atoms with Gasteiger partial charge in [-0.1, -0.05) is 0 Å². The summed E-state index contributed by atoms with van der Waals surface area (Å²) >= 11 is 0. The molecule has 0 aromatic carbocycles. The van der Waals surface area contributed by atoms with E-state index in [2.05, 4.69) is 16.5 Å². The largest absolute Gasteiger partial charge is 0.342 e. The minimum absolute atomic E-state index is 0.0442. The molecule has 1 saturated heterocycles. The Morgan fingerprint density at radius 2 is 2.40 bits per heavy atom. The Balaban J connectivity index is 2.09. The minimum Gasteiger partial charge on any atom is -0.342 e. The maximum absolute atomic E-state index is 11.2. The number of pyridine rings is 1. The van der Waals surface area contributed by atoms with Gasteiger partial charge in [0.25, 0.3) is 0 Å². The van der Waals surface area contributed by atoms with Crippen LogP contribution in [-0.4, -0.2) is 15.9 Å². The van der Waals surface area contributed by atoms with E-state index in [1.165, 1.54) is 6.42 Å². The van der Waals surface area contributed by atoms with Crippen LogP contribution in [0.3, 0.4) is 0 Å². The van der Waals surface area contributed by atoms with Crippen molar-refractivity contribution in [3.05, 3.63) is 40.4 Å². The van der Waals surface area contributed by atoms with Gasteiger partial charge >= 0.3 is 0 Å². The van der Waals surface area contributed by atoms with Crippen molar-refractivity contribution in [2.75, 3.05) is 6.54 Å². The molecule has 3 heterocycles. The van der Waals surface area contributed by atoms with Gasteiger partial charge in [0.15, 0.2) is 5.43 Å². The summed E-state index contributed by atoms with van der Waals surface area (Å²) in [5.74, 6) is 0. The quantitative estimate of drug-likeness (QED) is 0.728. The highest BCUT2D eigenvalue weighted by Crippen LogP contribution is 2.21. The van der Waals surface area contributed by atoms with E-state index in [1.807, 2.05) is 4.40 Å². The molecule has 0 amide bonds. The van der Waals surface area contributed by atoms with Crippen LogP contribution in [0.25, 0.3) is 5.65 Å². The summed E-state index contributed by atoms with van der Waals surface area (Å²) in [7, 11) is 0. The van der Waals surface area contributed by atoms with Gasteiger partial charge in [-0.3, -0.25) is 4.79 Å². The van der Waals surface area contributed by atoms with E-state index in [4.69, 9.17) is 0 Å². The normalized spacial score (nSPS) is 21.2. The molecular weight excluding hydrogens is 190 g/mol. The zero-order valence-electron chi connectivity index (χ0n) is 8.36. The van der Waals surface area contributed by atoms with E-state index >= 15 is 0 Å². The lowest BCUT2D eigenvalue weighted by molar-refractivity contribution is 0.632. The van der Waals surface area contributed by atoms with E-state index in [-0.39, 0.29) is 5.43 Å². The van der Waals surface area contributed by atoms with Crippen LogP contribution in [0.2, 0.25) is 0 Å². The first-order valence-corrected chi connectivity index (χ1v) is 5.27. The number of nitrogens with zero attached hydrogens (tertiary/aromatic N) is 1. The molecule has 1 unspecified atom stereocenters.